The number of carboxylic acid groups (broad SMARTS) is 1. The zero-order valence-electron chi connectivity index (χ0n) is 19.2. The van der Waals surface area contributed by atoms with Gasteiger partial charge in [0.05, 0.1) is 17.1 Å². The van der Waals surface area contributed by atoms with Crippen molar-refractivity contribution in [2.75, 3.05) is 0 Å². The van der Waals surface area contributed by atoms with Crippen LogP contribution in [0.25, 0.3) is 21.7 Å². The van der Waals surface area contributed by atoms with E-state index in [1.807, 2.05) is 57.2 Å². The first kappa shape index (κ1) is 23.6. The summed E-state index contributed by atoms with van der Waals surface area (Å²) in [7, 11) is 0. The maximum atomic E-state index is 13.5. The minimum Gasteiger partial charge on any atom is -0.479 e. The first-order valence-electron chi connectivity index (χ1n) is 10.7. The minimum absolute atomic E-state index is 0.297. The minimum atomic E-state index is -1.08. The molecule has 0 bridgehead atoms. The van der Waals surface area contributed by atoms with E-state index in [1.165, 1.54) is 17.8 Å². The Hall–Kier alpha value is -3.52. The van der Waals surface area contributed by atoms with Crippen molar-refractivity contribution >= 4 is 49.8 Å². The molecular formula is C26H24BrN3O4. The fourth-order valence-corrected chi connectivity index (χ4v) is 3.97. The van der Waals surface area contributed by atoms with E-state index in [9.17, 15) is 14.7 Å². The highest BCUT2D eigenvalue weighted by Crippen LogP contribution is 2.28. The molecule has 34 heavy (non-hydrogen) atoms. The third kappa shape index (κ3) is 4.59. The molecule has 8 heteroatoms. The lowest BCUT2D eigenvalue weighted by atomic mass is 9.95. The average Bonchev–Trinajstić information content (AvgIpc) is 2.78. The summed E-state index contributed by atoms with van der Waals surface area (Å²) in [6.45, 7) is 7.36. The summed E-state index contributed by atoms with van der Waals surface area (Å²) in [5.74, 6) is -0.212. The molecule has 0 unspecified atom stereocenters. The SMILES string of the molecule is C[C@H](Oc1ccc2ccccc2c1C=Nn1c(C(C)(C)C)nc2ccc(Br)cc2c1=O)C(=O)O. The molecule has 0 aliphatic heterocycles. The van der Waals surface area contributed by atoms with Crippen LogP contribution in [-0.2, 0) is 10.2 Å². The summed E-state index contributed by atoms with van der Waals surface area (Å²) in [6.07, 6.45) is 0.481. The number of ether oxygens (including phenoxy) is 1. The number of hydrogen-bond acceptors (Lipinski definition) is 5. The lowest BCUT2D eigenvalue weighted by Crippen LogP contribution is -2.29. The molecule has 0 fully saturated rings. The highest BCUT2D eigenvalue weighted by atomic mass is 79.9. The number of aromatic nitrogens is 2. The lowest BCUT2D eigenvalue weighted by molar-refractivity contribution is -0.144. The Morgan fingerprint density at radius 3 is 2.59 bits per heavy atom. The molecule has 4 rings (SSSR count). The third-order valence-corrected chi connectivity index (χ3v) is 5.86. The predicted molar refractivity (Wildman–Crippen MR) is 137 cm³/mol. The quantitative estimate of drug-likeness (QED) is 0.357. The second-order valence-corrected chi connectivity index (χ2v) is 9.92. The Morgan fingerprint density at radius 1 is 1.15 bits per heavy atom. The van der Waals surface area contributed by atoms with Gasteiger partial charge in [0.15, 0.2) is 6.10 Å². The van der Waals surface area contributed by atoms with Gasteiger partial charge >= 0.3 is 5.97 Å². The van der Waals surface area contributed by atoms with Crippen LogP contribution in [0.3, 0.4) is 0 Å². The summed E-state index contributed by atoms with van der Waals surface area (Å²) in [5, 5.41) is 16.1. The van der Waals surface area contributed by atoms with Gasteiger partial charge in [-0.25, -0.2) is 9.78 Å². The van der Waals surface area contributed by atoms with Crippen molar-refractivity contribution < 1.29 is 14.6 Å². The van der Waals surface area contributed by atoms with Gasteiger partial charge in [0.2, 0.25) is 0 Å². The number of carbonyl (C=O) groups is 1. The summed E-state index contributed by atoms with van der Waals surface area (Å²) in [4.78, 5) is 29.6. The molecule has 1 atom stereocenters. The molecule has 1 aromatic heterocycles. The Balaban J connectivity index is 1.95. The Morgan fingerprint density at radius 2 is 1.88 bits per heavy atom. The van der Waals surface area contributed by atoms with Crippen molar-refractivity contribution in [1.29, 1.82) is 0 Å². The fourth-order valence-electron chi connectivity index (χ4n) is 3.61. The van der Waals surface area contributed by atoms with Crippen LogP contribution in [-0.4, -0.2) is 33.1 Å². The molecule has 0 spiro atoms. The van der Waals surface area contributed by atoms with Crippen molar-refractivity contribution in [2.45, 2.75) is 39.2 Å². The number of carboxylic acids is 1. The maximum Gasteiger partial charge on any atom is 0.344 e. The number of rotatable bonds is 5. The molecule has 4 aromatic rings. The molecule has 0 saturated heterocycles. The molecule has 0 saturated carbocycles. The zero-order chi connectivity index (χ0) is 24.6. The predicted octanol–water partition coefficient (Wildman–Crippen LogP) is 5.34. The second-order valence-electron chi connectivity index (χ2n) is 9.01. The number of aliphatic carboxylic acids is 1. The van der Waals surface area contributed by atoms with E-state index >= 15 is 0 Å². The summed E-state index contributed by atoms with van der Waals surface area (Å²) in [5.41, 5.74) is 0.406. The summed E-state index contributed by atoms with van der Waals surface area (Å²) >= 11 is 3.42. The van der Waals surface area contributed by atoms with Crippen molar-refractivity contribution in [3.05, 3.63) is 80.8 Å². The highest BCUT2D eigenvalue weighted by Gasteiger charge is 2.23. The van der Waals surface area contributed by atoms with Crippen molar-refractivity contribution in [2.24, 2.45) is 5.10 Å². The van der Waals surface area contributed by atoms with E-state index in [0.717, 1.165) is 15.2 Å². The van der Waals surface area contributed by atoms with E-state index in [1.54, 1.807) is 18.2 Å². The van der Waals surface area contributed by atoms with Crippen LogP contribution in [0.4, 0.5) is 0 Å². The van der Waals surface area contributed by atoms with Crippen molar-refractivity contribution in [3.63, 3.8) is 0 Å². The number of fused-ring (bicyclic) bond motifs is 2. The molecule has 0 radical (unpaired) electrons. The van der Waals surface area contributed by atoms with Gasteiger partial charge in [-0.15, -0.1) is 0 Å². The molecule has 1 heterocycles. The molecule has 3 aromatic carbocycles. The average molecular weight is 522 g/mol. The Bertz CT molecular complexity index is 1500. The van der Waals surface area contributed by atoms with Gasteiger partial charge in [0, 0.05) is 15.5 Å². The first-order valence-corrected chi connectivity index (χ1v) is 11.5. The van der Waals surface area contributed by atoms with Gasteiger partial charge in [-0.3, -0.25) is 4.79 Å². The largest absolute Gasteiger partial charge is 0.479 e. The van der Waals surface area contributed by atoms with Gasteiger partial charge in [-0.05, 0) is 42.0 Å². The monoisotopic (exact) mass is 521 g/mol. The maximum absolute atomic E-state index is 13.5. The van der Waals surface area contributed by atoms with Gasteiger partial charge in [0.1, 0.15) is 11.6 Å². The highest BCUT2D eigenvalue weighted by molar-refractivity contribution is 9.10. The van der Waals surface area contributed by atoms with Crippen molar-refractivity contribution in [1.82, 2.24) is 9.66 Å². The number of halogens is 1. The van der Waals surface area contributed by atoms with Crippen LogP contribution in [0.5, 0.6) is 5.75 Å². The van der Waals surface area contributed by atoms with Crippen LogP contribution in [0.15, 0.2) is 69.0 Å². The van der Waals surface area contributed by atoms with E-state index in [0.29, 0.717) is 28.0 Å². The smallest absolute Gasteiger partial charge is 0.344 e. The first-order chi connectivity index (χ1) is 16.1. The van der Waals surface area contributed by atoms with Gasteiger partial charge in [-0.2, -0.15) is 9.78 Å². The lowest BCUT2D eigenvalue weighted by Gasteiger charge is -2.21. The van der Waals surface area contributed by atoms with E-state index in [-0.39, 0.29) is 5.56 Å². The molecule has 1 N–H and O–H groups in total. The van der Waals surface area contributed by atoms with Gasteiger partial charge in [0.25, 0.3) is 5.56 Å². The third-order valence-electron chi connectivity index (χ3n) is 5.36. The van der Waals surface area contributed by atoms with Crippen LogP contribution >= 0.6 is 15.9 Å². The number of benzene rings is 3. The number of nitrogens with zero attached hydrogens (tertiary/aromatic N) is 3. The van der Waals surface area contributed by atoms with E-state index in [4.69, 9.17) is 9.72 Å². The molecule has 0 aliphatic carbocycles. The van der Waals surface area contributed by atoms with E-state index < -0.39 is 17.5 Å². The van der Waals surface area contributed by atoms with Crippen LogP contribution in [0.2, 0.25) is 0 Å². The van der Waals surface area contributed by atoms with Crippen LogP contribution < -0.4 is 10.3 Å². The van der Waals surface area contributed by atoms with E-state index in [2.05, 4.69) is 21.0 Å². The zero-order valence-corrected chi connectivity index (χ0v) is 20.8. The Labute approximate surface area is 204 Å². The molecule has 7 nitrogen and oxygen atoms in total. The molecule has 0 aliphatic rings. The second kappa shape index (κ2) is 9.02. The normalized spacial score (nSPS) is 13.0. The van der Waals surface area contributed by atoms with Crippen LogP contribution in [0.1, 0.15) is 39.1 Å². The molecule has 174 valence electrons. The topological polar surface area (TPSA) is 93.8 Å². The van der Waals surface area contributed by atoms with Gasteiger partial charge < -0.3 is 9.84 Å². The fraction of sp³-hybridized carbons (Fsp3) is 0.231. The number of hydrogen-bond donors (Lipinski definition) is 1. The van der Waals surface area contributed by atoms with Crippen LogP contribution in [0, 0.1) is 0 Å². The molecule has 0 amide bonds. The molecular weight excluding hydrogens is 498 g/mol. The summed E-state index contributed by atoms with van der Waals surface area (Å²) in [6, 6.07) is 16.6. The standard InChI is InChI=1S/C26H24BrN3O4/c1-15(24(32)33)34-22-12-9-16-7-5-6-8-18(16)20(22)14-28-30-23(31)19-13-17(27)10-11-21(19)29-25(30)26(2,3)4/h5-15H,1-4H3,(H,32,33)/t15-/m0/s1. The van der Waals surface area contributed by atoms with Crippen molar-refractivity contribution in [3.8, 4) is 5.75 Å². The van der Waals surface area contributed by atoms with Gasteiger partial charge in [-0.1, -0.05) is 67.0 Å². The summed E-state index contributed by atoms with van der Waals surface area (Å²) < 4.78 is 7.79. The Kier molecular flexibility index (Phi) is 6.27.